The molecule has 0 fully saturated rings. The zero-order valence-electron chi connectivity index (χ0n) is 10.3. The highest BCUT2D eigenvalue weighted by Gasteiger charge is 2.03. The lowest BCUT2D eigenvalue weighted by atomic mass is 10.2. The predicted octanol–water partition coefficient (Wildman–Crippen LogP) is 1.87. The van der Waals surface area contributed by atoms with Crippen molar-refractivity contribution in [1.82, 2.24) is 0 Å². The Balaban J connectivity index is 2.68. The van der Waals surface area contributed by atoms with Gasteiger partial charge in [0.15, 0.2) is 0 Å². The SMILES string of the molecule is COC(=O)CCOc1cc(F)cc(/C=C/C(=O)O)c1. The highest BCUT2D eigenvalue weighted by Crippen LogP contribution is 2.17. The van der Waals surface area contributed by atoms with Crippen molar-refractivity contribution >= 4 is 18.0 Å². The van der Waals surface area contributed by atoms with Crippen LogP contribution in [0.25, 0.3) is 6.08 Å². The van der Waals surface area contributed by atoms with Crippen molar-refractivity contribution in [2.45, 2.75) is 6.42 Å². The Labute approximate surface area is 109 Å². The molecule has 1 N–H and O–H groups in total. The lowest BCUT2D eigenvalue weighted by molar-refractivity contribution is -0.141. The number of benzene rings is 1. The number of carbonyl (C=O) groups is 2. The number of ether oxygens (including phenoxy) is 2. The second-order valence-corrected chi connectivity index (χ2v) is 3.57. The van der Waals surface area contributed by atoms with Gasteiger partial charge in [-0.05, 0) is 23.8 Å². The van der Waals surface area contributed by atoms with E-state index in [9.17, 15) is 14.0 Å². The fourth-order valence-corrected chi connectivity index (χ4v) is 1.29. The van der Waals surface area contributed by atoms with Gasteiger partial charge < -0.3 is 14.6 Å². The van der Waals surface area contributed by atoms with Crippen molar-refractivity contribution < 1.29 is 28.6 Å². The van der Waals surface area contributed by atoms with E-state index >= 15 is 0 Å². The number of halogens is 1. The molecule has 0 radical (unpaired) electrons. The molecule has 0 saturated heterocycles. The van der Waals surface area contributed by atoms with Gasteiger partial charge in [-0.15, -0.1) is 0 Å². The third-order valence-electron chi connectivity index (χ3n) is 2.11. The Morgan fingerprint density at radius 2 is 2.11 bits per heavy atom. The van der Waals surface area contributed by atoms with Crippen molar-refractivity contribution in [3.63, 3.8) is 0 Å². The minimum atomic E-state index is -1.13. The zero-order chi connectivity index (χ0) is 14.3. The quantitative estimate of drug-likeness (QED) is 0.629. The third-order valence-corrected chi connectivity index (χ3v) is 2.11. The van der Waals surface area contributed by atoms with Crippen molar-refractivity contribution in [1.29, 1.82) is 0 Å². The molecule has 19 heavy (non-hydrogen) atoms. The first-order valence-corrected chi connectivity index (χ1v) is 5.42. The van der Waals surface area contributed by atoms with Gasteiger partial charge in [-0.2, -0.15) is 0 Å². The Morgan fingerprint density at radius 1 is 1.37 bits per heavy atom. The molecule has 1 aromatic carbocycles. The Bertz CT molecular complexity index is 496. The molecule has 1 rings (SSSR count). The molecule has 0 aliphatic heterocycles. The topological polar surface area (TPSA) is 72.8 Å². The van der Waals surface area contributed by atoms with E-state index in [2.05, 4.69) is 4.74 Å². The summed E-state index contributed by atoms with van der Waals surface area (Å²) in [7, 11) is 1.26. The molecule has 0 bridgehead atoms. The monoisotopic (exact) mass is 268 g/mol. The minimum absolute atomic E-state index is 0.0489. The zero-order valence-corrected chi connectivity index (χ0v) is 10.3. The van der Waals surface area contributed by atoms with E-state index in [1.807, 2.05) is 0 Å². The number of hydrogen-bond acceptors (Lipinski definition) is 4. The molecular weight excluding hydrogens is 255 g/mol. The van der Waals surface area contributed by atoms with Crippen LogP contribution in [0.4, 0.5) is 4.39 Å². The molecule has 0 unspecified atom stereocenters. The summed E-state index contributed by atoms with van der Waals surface area (Å²) in [4.78, 5) is 21.2. The van der Waals surface area contributed by atoms with Gasteiger partial charge in [0.2, 0.25) is 0 Å². The largest absolute Gasteiger partial charge is 0.493 e. The summed E-state index contributed by atoms with van der Waals surface area (Å²) in [6, 6.07) is 3.79. The van der Waals surface area contributed by atoms with Gasteiger partial charge in [0.1, 0.15) is 11.6 Å². The second-order valence-electron chi connectivity index (χ2n) is 3.57. The van der Waals surface area contributed by atoms with Gasteiger partial charge in [-0.3, -0.25) is 4.79 Å². The van der Waals surface area contributed by atoms with Crippen LogP contribution in [0.1, 0.15) is 12.0 Å². The molecule has 0 aliphatic carbocycles. The fourth-order valence-electron chi connectivity index (χ4n) is 1.29. The number of methoxy groups -OCH3 is 1. The van der Waals surface area contributed by atoms with Crippen molar-refractivity contribution in [2.24, 2.45) is 0 Å². The second kappa shape index (κ2) is 7.15. The number of hydrogen-bond donors (Lipinski definition) is 1. The fraction of sp³-hybridized carbons (Fsp3) is 0.231. The predicted molar refractivity (Wildman–Crippen MR) is 65.2 cm³/mol. The van der Waals surface area contributed by atoms with Crippen LogP contribution in [0.2, 0.25) is 0 Å². The van der Waals surface area contributed by atoms with Crippen LogP contribution in [-0.2, 0) is 14.3 Å². The third kappa shape index (κ3) is 5.67. The lowest BCUT2D eigenvalue weighted by Gasteiger charge is -2.06. The maximum Gasteiger partial charge on any atom is 0.328 e. The molecule has 1 aromatic rings. The van der Waals surface area contributed by atoms with Crippen LogP contribution >= 0.6 is 0 Å². The summed E-state index contributed by atoms with van der Waals surface area (Å²) in [6.45, 7) is 0.0538. The molecular formula is C13H13FO5. The van der Waals surface area contributed by atoms with E-state index in [4.69, 9.17) is 9.84 Å². The first-order valence-electron chi connectivity index (χ1n) is 5.42. The Hall–Kier alpha value is -2.37. The highest BCUT2D eigenvalue weighted by molar-refractivity contribution is 5.85. The number of carboxylic acids is 1. The van der Waals surface area contributed by atoms with E-state index in [1.165, 1.54) is 25.3 Å². The minimum Gasteiger partial charge on any atom is -0.493 e. The van der Waals surface area contributed by atoms with Crippen LogP contribution in [-0.4, -0.2) is 30.8 Å². The van der Waals surface area contributed by atoms with Crippen molar-refractivity contribution in [3.8, 4) is 5.75 Å². The molecule has 0 heterocycles. The standard InChI is InChI=1S/C13H13FO5/c1-18-13(17)4-5-19-11-7-9(2-3-12(15)16)6-10(14)8-11/h2-3,6-8H,4-5H2,1H3,(H,15,16)/b3-2+. The summed E-state index contributed by atoms with van der Waals surface area (Å²) in [5.41, 5.74) is 0.357. The van der Waals surface area contributed by atoms with E-state index in [0.717, 1.165) is 12.1 Å². The summed E-state index contributed by atoms with van der Waals surface area (Å²) in [5.74, 6) is -1.89. The lowest BCUT2D eigenvalue weighted by Crippen LogP contribution is -2.07. The molecule has 0 atom stereocenters. The maximum absolute atomic E-state index is 13.3. The van der Waals surface area contributed by atoms with Crippen LogP contribution in [0, 0.1) is 5.82 Å². The number of esters is 1. The first kappa shape index (κ1) is 14.7. The molecule has 102 valence electrons. The molecule has 6 heteroatoms. The average Bonchev–Trinajstić information content (AvgIpc) is 2.35. The summed E-state index contributed by atoms with van der Waals surface area (Å²) in [5, 5.41) is 8.48. The molecule has 0 spiro atoms. The van der Waals surface area contributed by atoms with Crippen LogP contribution in [0.5, 0.6) is 5.75 Å². The Morgan fingerprint density at radius 3 is 2.74 bits per heavy atom. The van der Waals surface area contributed by atoms with E-state index in [1.54, 1.807) is 0 Å². The first-order chi connectivity index (χ1) is 9.01. The normalized spacial score (nSPS) is 10.4. The van der Waals surface area contributed by atoms with Gasteiger partial charge in [-0.25, -0.2) is 9.18 Å². The highest BCUT2D eigenvalue weighted by atomic mass is 19.1. The van der Waals surface area contributed by atoms with Crippen LogP contribution in [0.15, 0.2) is 24.3 Å². The van der Waals surface area contributed by atoms with Gasteiger partial charge in [0, 0.05) is 12.1 Å². The van der Waals surface area contributed by atoms with E-state index in [0.29, 0.717) is 5.56 Å². The smallest absolute Gasteiger partial charge is 0.328 e. The van der Waals surface area contributed by atoms with Gasteiger partial charge >= 0.3 is 11.9 Å². The molecule has 0 aromatic heterocycles. The van der Waals surface area contributed by atoms with E-state index < -0.39 is 17.8 Å². The number of aliphatic carboxylic acids is 1. The van der Waals surface area contributed by atoms with Crippen molar-refractivity contribution in [3.05, 3.63) is 35.7 Å². The summed E-state index contributed by atoms with van der Waals surface area (Å²) in [6.07, 6.45) is 2.19. The maximum atomic E-state index is 13.3. The average molecular weight is 268 g/mol. The van der Waals surface area contributed by atoms with Gasteiger partial charge in [0.25, 0.3) is 0 Å². The number of carboxylic acid groups (broad SMARTS) is 1. The molecule has 0 aliphatic rings. The summed E-state index contributed by atoms with van der Waals surface area (Å²) < 4.78 is 22.9. The van der Waals surface area contributed by atoms with Crippen LogP contribution < -0.4 is 4.74 Å². The number of carbonyl (C=O) groups excluding carboxylic acids is 1. The molecule has 5 nitrogen and oxygen atoms in total. The van der Waals surface area contributed by atoms with Gasteiger partial charge in [0.05, 0.1) is 20.1 Å². The van der Waals surface area contributed by atoms with Crippen LogP contribution in [0.3, 0.4) is 0 Å². The molecule has 0 amide bonds. The molecule has 0 saturated carbocycles. The van der Waals surface area contributed by atoms with E-state index in [-0.39, 0.29) is 18.8 Å². The van der Waals surface area contributed by atoms with Gasteiger partial charge in [-0.1, -0.05) is 0 Å². The number of rotatable bonds is 6. The van der Waals surface area contributed by atoms with Crippen molar-refractivity contribution in [2.75, 3.05) is 13.7 Å². The Kier molecular flexibility index (Phi) is 5.53. The summed E-state index contributed by atoms with van der Waals surface area (Å²) >= 11 is 0.